The summed E-state index contributed by atoms with van der Waals surface area (Å²) in [4.78, 5) is 0. The molecule has 0 aromatic rings. The summed E-state index contributed by atoms with van der Waals surface area (Å²) in [5.41, 5.74) is 0. The predicted octanol–water partition coefficient (Wildman–Crippen LogP) is -2.57. The molecule has 1 aliphatic heterocycles. The highest BCUT2D eigenvalue weighted by molar-refractivity contribution is 4.89. The molecule has 0 aromatic carbocycles. The van der Waals surface area contributed by atoms with Crippen molar-refractivity contribution in [3.8, 4) is 0 Å². The van der Waals surface area contributed by atoms with Gasteiger partial charge in [0.05, 0.1) is 6.61 Å². The Balaban J connectivity index is 2.52. The summed E-state index contributed by atoms with van der Waals surface area (Å²) < 4.78 is 9.36. The van der Waals surface area contributed by atoms with Crippen LogP contribution >= 0.6 is 0 Å². The quantitative estimate of drug-likeness (QED) is 0.394. The minimum atomic E-state index is -1.45. The zero-order chi connectivity index (χ0) is 10.0. The fraction of sp³-hybridized carbons (Fsp3) is 1.00. The van der Waals surface area contributed by atoms with Crippen molar-refractivity contribution >= 4 is 0 Å². The number of rotatable bonds is 3. The molecule has 1 saturated heterocycles. The zero-order valence-electron chi connectivity index (χ0n) is 7.20. The fourth-order valence-corrected chi connectivity index (χ4v) is 1.27. The molecule has 0 aliphatic carbocycles. The number of hydrogen-bond donors (Lipinski definition) is 4. The molecular formula is C7H14O6. The molecule has 1 aliphatic rings. The molecule has 4 N–H and O–H groups in total. The lowest BCUT2D eigenvalue weighted by Crippen LogP contribution is -2.40. The van der Waals surface area contributed by atoms with E-state index in [0.717, 1.165) is 0 Å². The van der Waals surface area contributed by atoms with Crippen molar-refractivity contribution in [2.45, 2.75) is 30.7 Å². The molecule has 0 aromatic heterocycles. The van der Waals surface area contributed by atoms with Crippen LogP contribution < -0.4 is 0 Å². The van der Waals surface area contributed by atoms with Gasteiger partial charge < -0.3 is 29.9 Å². The van der Waals surface area contributed by atoms with Gasteiger partial charge in [0, 0.05) is 7.11 Å². The monoisotopic (exact) mass is 194 g/mol. The first-order chi connectivity index (χ1) is 6.07. The van der Waals surface area contributed by atoms with Gasteiger partial charge in [-0.2, -0.15) is 0 Å². The number of methoxy groups -OCH3 is 1. The summed E-state index contributed by atoms with van der Waals surface area (Å²) in [7, 11) is 1.39. The zero-order valence-corrected chi connectivity index (χ0v) is 7.20. The highest BCUT2D eigenvalue weighted by atomic mass is 16.7. The van der Waals surface area contributed by atoms with Gasteiger partial charge in [0.2, 0.25) is 0 Å². The van der Waals surface area contributed by atoms with E-state index in [1.807, 2.05) is 0 Å². The van der Waals surface area contributed by atoms with Crippen molar-refractivity contribution in [3.63, 3.8) is 0 Å². The molecule has 1 heterocycles. The van der Waals surface area contributed by atoms with E-state index in [9.17, 15) is 10.2 Å². The van der Waals surface area contributed by atoms with E-state index < -0.39 is 30.7 Å². The summed E-state index contributed by atoms with van der Waals surface area (Å²) in [6.45, 7) is -0.0266. The number of hydrogen-bond acceptors (Lipinski definition) is 6. The van der Waals surface area contributed by atoms with Gasteiger partial charge in [-0.1, -0.05) is 0 Å². The molecule has 1 fully saturated rings. The van der Waals surface area contributed by atoms with E-state index in [0.29, 0.717) is 0 Å². The Hall–Kier alpha value is -0.240. The van der Waals surface area contributed by atoms with Crippen LogP contribution in [0.5, 0.6) is 0 Å². The van der Waals surface area contributed by atoms with Crippen molar-refractivity contribution in [1.29, 1.82) is 0 Å². The number of aliphatic hydroxyl groups excluding tert-OH is 4. The van der Waals surface area contributed by atoms with E-state index in [-0.39, 0.29) is 6.61 Å². The highest BCUT2D eigenvalue weighted by Gasteiger charge is 2.45. The van der Waals surface area contributed by atoms with E-state index in [4.69, 9.17) is 14.9 Å². The standard InChI is InChI=1S/C7H14O6/c1-12-2-3(8)6-4(9)5(10)7(11)13-6/h3-11H,2H2,1H3/t3-,4-,5-,6+,7+/m1/s1. The number of ether oxygens (including phenoxy) is 2. The Kier molecular flexibility index (Phi) is 3.60. The van der Waals surface area contributed by atoms with Gasteiger partial charge in [-0.05, 0) is 0 Å². The summed E-state index contributed by atoms with van der Waals surface area (Å²) in [6.07, 6.45) is -6.19. The summed E-state index contributed by atoms with van der Waals surface area (Å²) in [5.74, 6) is 0. The normalized spacial score (nSPS) is 42.2. The van der Waals surface area contributed by atoms with Crippen molar-refractivity contribution < 1.29 is 29.9 Å². The smallest absolute Gasteiger partial charge is 0.184 e. The molecule has 6 nitrogen and oxygen atoms in total. The van der Waals surface area contributed by atoms with E-state index in [1.54, 1.807) is 0 Å². The predicted molar refractivity (Wildman–Crippen MR) is 40.8 cm³/mol. The van der Waals surface area contributed by atoms with Crippen molar-refractivity contribution in [2.24, 2.45) is 0 Å². The maximum absolute atomic E-state index is 9.32. The largest absolute Gasteiger partial charge is 0.388 e. The molecule has 1 rings (SSSR count). The molecule has 13 heavy (non-hydrogen) atoms. The summed E-state index contributed by atoms with van der Waals surface area (Å²) in [5, 5.41) is 36.6. The van der Waals surface area contributed by atoms with Crippen LogP contribution in [0.2, 0.25) is 0 Å². The van der Waals surface area contributed by atoms with Crippen molar-refractivity contribution in [1.82, 2.24) is 0 Å². The summed E-state index contributed by atoms with van der Waals surface area (Å²) >= 11 is 0. The Morgan fingerprint density at radius 3 is 2.31 bits per heavy atom. The van der Waals surface area contributed by atoms with Crippen LogP contribution in [-0.4, -0.2) is 64.8 Å². The van der Waals surface area contributed by atoms with Gasteiger partial charge in [-0.3, -0.25) is 0 Å². The second kappa shape index (κ2) is 4.32. The van der Waals surface area contributed by atoms with Gasteiger partial charge in [0.15, 0.2) is 6.29 Å². The van der Waals surface area contributed by atoms with Gasteiger partial charge in [-0.25, -0.2) is 0 Å². The summed E-state index contributed by atoms with van der Waals surface area (Å²) in [6, 6.07) is 0. The third-order valence-corrected chi connectivity index (χ3v) is 1.99. The fourth-order valence-electron chi connectivity index (χ4n) is 1.27. The second-order valence-electron chi connectivity index (χ2n) is 3.00. The van der Waals surface area contributed by atoms with Crippen LogP contribution in [0.3, 0.4) is 0 Å². The molecule has 0 amide bonds. The lowest BCUT2D eigenvalue weighted by atomic mass is 10.1. The lowest BCUT2D eigenvalue weighted by molar-refractivity contribution is -0.151. The topological polar surface area (TPSA) is 99.4 Å². The Bertz CT molecular complexity index is 163. The molecular weight excluding hydrogens is 180 g/mol. The molecule has 78 valence electrons. The highest BCUT2D eigenvalue weighted by Crippen LogP contribution is 2.22. The van der Waals surface area contributed by atoms with E-state index >= 15 is 0 Å². The molecule has 0 spiro atoms. The van der Waals surface area contributed by atoms with Gasteiger partial charge in [0.1, 0.15) is 24.4 Å². The molecule has 0 radical (unpaired) electrons. The van der Waals surface area contributed by atoms with Crippen LogP contribution in [0.15, 0.2) is 0 Å². The first kappa shape index (κ1) is 10.8. The van der Waals surface area contributed by atoms with Crippen LogP contribution in [0.1, 0.15) is 0 Å². The van der Waals surface area contributed by atoms with Crippen molar-refractivity contribution in [2.75, 3.05) is 13.7 Å². The second-order valence-corrected chi connectivity index (χ2v) is 3.00. The first-order valence-electron chi connectivity index (χ1n) is 3.94. The van der Waals surface area contributed by atoms with Crippen LogP contribution in [-0.2, 0) is 9.47 Å². The molecule has 0 bridgehead atoms. The minimum absolute atomic E-state index is 0.0266. The molecule has 0 saturated carbocycles. The van der Waals surface area contributed by atoms with Crippen LogP contribution in [0.4, 0.5) is 0 Å². The molecule has 5 atom stereocenters. The molecule has 6 heteroatoms. The van der Waals surface area contributed by atoms with Gasteiger partial charge in [-0.15, -0.1) is 0 Å². The van der Waals surface area contributed by atoms with Crippen molar-refractivity contribution in [3.05, 3.63) is 0 Å². The van der Waals surface area contributed by atoms with Crippen LogP contribution in [0, 0.1) is 0 Å². The Labute approximate surface area is 75.3 Å². The average Bonchev–Trinajstić information content (AvgIpc) is 2.33. The first-order valence-corrected chi connectivity index (χ1v) is 3.94. The Morgan fingerprint density at radius 2 is 1.92 bits per heavy atom. The third kappa shape index (κ3) is 2.16. The average molecular weight is 194 g/mol. The maximum Gasteiger partial charge on any atom is 0.184 e. The number of aliphatic hydroxyl groups is 4. The lowest BCUT2D eigenvalue weighted by Gasteiger charge is -2.19. The molecule has 0 unspecified atom stereocenters. The Morgan fingerprint density at radius 1 is 1.31 bits per heavy atom. The third-order valence-electron chi connectivity index (χ3n) is 1.99. The maximum atomic E-state index is 9.32. The SMILES string of the molecule is COC[C@@H](O)[C@@H]1O[C@H](O)[C@H](O)[C@H]1O. The van der Waals surface area contributed by atoms with Gasteiger partial charge in [0.25, 0.3) is 0 Å². The van der Waals surface area contributed by atoms with Crippen LogP contribution in [0.25, 0.3) is 0 Å². The van der Waals surface area contributed by atoms with E-state index in [2.05, 4.69) is 4.74 Å². The minimum Gasteiger partial charge on any atom is -0.388 e. The van der Waals surface area contributed by atoms with Gasteiger partial charge >= 0.3 is 0 Å². The van der Waals surface area contributed by atoms with E-state index in [1.165, 1.54) is 7.11 Å².